The zero-order valence-electron chi connectivity index (χ0n) is 18.6. The number of ether oxygens (including phenoxy) is 1. The number of rotatable bonds is 4. The number of carbonyl (C=O) groups excluding carboxylic acids is 1. The van der Waals surface area contributed by atoms with Gasteiger partial charge in [-0.15, -0.1) is 0 Å². The molecule has 0 bridgehead atoms. The molecule has 1 unspecified atom stereocenters. The van der Waals surface area contributed by atoms with Crippen LogP contribution in [0.5, 0.6) is 5.75 Å². The Morgan fingerprint density at radius 2 is 1.83 bits per heavy atom. The van der Waals surface area contributed by atoms with Gasteiger partial charge in [-0.3, -0.25) is 4.79 Å². The van der Waals surface area contributed by atoms with Crippen molar-refractivity contribution < 1.29 is 13.9 Å². The third-order valence-electron chi connectivity index (χ3n) is 6.16. The van der Waals surface area contributed by atoms with E-state index in [1.807, 2.05) is 12.1 Å². The highest BCUT2D eigenvalue weighted by atomic mass is 16.5. The van der Waals surface area contributed by atoms with Crippen LogP contribution in [-0.2, 0) is 17.6 Å². The Kier molecular flexibility index (Phi) is 5.17. The van der Waals surface area contributed by atoms with Crippen LogP contribution in [0.2, 0.25) is 0 Å². The molecule has 1 amide bonds. The Morgan fingerprint density at radius 3 is 2.53 bits per heavy atom. The smallest absolute Gasteiger partial charge is 0.339 e. The number of hydrogen-bond acceptors (Lipinski definition) is 5. The molecule has 1 aliphatic carbocycles. The molecule has 2 heterocycles. The van der Waals surface area contributed by atoms with Crippen LogP contribution >= 0.6 is 0 Å². The Bertz CT molecular complexity index is 1020. The third-order valence-corrected chi connectivity index (χ3v) is 6.16. The first kappa shape index (κ1) is 20.9. The monoisotopic (exact) mass is 412 g/mol. The van der Waals surface area contributed by atoms with Gasteiger partial charge in [0.2, 0.25) is 0 Å². The highest BCUT2D eigenvalue weighted by Gasteiger charge is 2.38. The molecule has 4 rings (SSSR count). The van der Waals surface area contributed by atoms with Crippen LogP contribution in [0.1, 0.15) is 65.0 Å². The van der Waals surface area contributed by atoms with Crippen LogP contribution in [0.15, 0.2) is 27.4 Å². The van der Waals surface area contributed by atoms with Gasteiger partial charge in [0.25, 0.3) is 5.91 Å². The highest BCUT2D eigenvalue weighted by molar-refractivity contribution is 5.84. The summed E-state index contributed by atoms with van der Waals surface area (Å²) in [5, 5.41) is 7.74. The maximum absolute atomic E-state index is 12.8. The van der Waals surface area contributed by atoms with Gasteiger partial charge < -0.3 is 19.8 Å². The first-order valence-electron chi connectivity index (χ1n) is 10.9. The van der Waals surface area contributed by atoms with Crippen LogP contribution < -0.4 is 21.0 Å². The van der Waals surface area contributed by atoms with E-state index in [1.54, 1.807) is 13.0 Å². The molecule has 0 spiro atoms. The Balaban J connectivity index is 1.46. The zero-order chi connectivity index (χ0) is 21.7. The van der Waals surface area contributed by atoms with E-state index >= 15 is 0 Å². The average molecular weight is 413 g/mol. The number of aryl methyl sites for hydroxylation is 1. The van der Waals surface area contributed by atoms with E-state index in [0.717, 1.165) is 48.6 Å². The minimum absolute atomic E-state index is 0.0417. The second kappa shape index (κ2) is 7.41. The number of hydrogen-bond donors (Lipinski definition) is 2. The zero-order valence-corrected chi connectivity index (χ0v) is 18.6. The fraction of sp³-hybridized carbons (Fsp3) is 0.583. The van der Waals surface area contributed by atoms with Crippen molar-refractivity contribution in [2.45, 2.75) is 89.9 Å². The predicted octanol–water partition coefficient (Wildman–Crippen LogP) is 3.47. The molecule has 30 heavy (non-hydrogen) atoms. The van der Waals surface area contributed by atoms with Crippen LogP contribution in [0.3, 0.4) is 0 Å². The van der Waals surface area contributed by atoms with Crippen molar-refractivity contribution >= 4 is 16.9 Å². The predicted molar refractivity (Wildman–Crippen MR) is 117 cm³/mol. The van der Waals surface area contributed by atoms with E-state index in [-0.39, 0.29) is 28.7 Å². The van der Waals surface area contributed by atoms with Gasteiger partial charge in [0.05, 0.1) is 0 Å². The van der Waals surface area contributed by atoms with Gasteiger partial charge in [0.1, 0.15) is 11.3 Å². The molecule has 1 aromatic carbocycles. The molecule has 0 saturated carbocycles. The summed E-state index contributed by atoms with van der Waals surface area (Å²) in [5.74, 6) is 0.390. The first-order chi connectivity index (χ1) is 14.0. The summed E-state index contributed by atoms with van der Waals surface area (Å²) >= 11 is 0. The normalized spacial score (nSPS) is 21.2. The van der Waals surface area contributed by atoms with E-state index in [2.05, 4.69) is 38.3 Å². The number of piperidine rings is 1. The van der Waals surface area contributed by atoms with Gasteiger partial charge in [-0.2, -0.15) is 0 Å². The Labute approximate surface area is 177 Å². The van der Waals surface area contributed by atoms with E-state index in [4.69, 9.17) is 9.15 Å². The maximum atomic E-state index is 12.8. The molecular formula is C24H32N2O4. The topological polar surface area (TPSA) is 80.6 Å². The van der Waals surface area contributed by atoms with Crippen LogP contribution in [0, 0.1) is 0 Å². The van der Waals surface area contributed by atoms with Crippen molar-refractivity contribution in [1.29, 1.82) is 0 Å². The average Bonchev–Trinajstić information content (AvgIpc) is 3.09. The van der Waals surface area contributed by atoms with Crippen molar-refractivity contribution in [3.63, 3.8) is 0 Å². The fourth-order valence-corrected chi connectivity index (χ4v) is 5.34. The molecular weight excluding hydrogens is 380 g/mol. The molecule has 0 radical (unpaired) electrons. The molecule has 1 fully saturated rings. The fourth-order valence-electron chi connectivity index (χ4n) is 5.34. The molecule has 162 valence electrons. The van der Waals surface area contributed by atoms with Crippen molar-refractivity contribution in [3.05, 3.63) is 39.7 Å². The largest absolute Gasteiger partial charge is 0.481 e. The summed E-state index contributed by atoms with van der Waals surface area (Å²) in [4.78, 5) is 25.0. The van der Waals surface area contributed by atoms with Gasteiger partial charge >= 0.3 is 5.63 Å². The second-order valence-corrected chi connectivity index (χ2v) is 10.1. The second-order valence-electron chi connectivity index (χ2n) is 10.1. The van der Waals surface area contributed by atoms with Crippen molar-refractivity contribution in [2.24, 2.45) is 0 Å². The minimum atomic E-state index is -0.648. The molecule has 1 atom stereocenters. The van der Waals surface area contributed by atoms with Gasteiger partial charge in [0, 0.05) is 34.1 Å². The summed E-state index contributed by atoms with van der Waals surface area (Å²) in [6.07, 6.45) is 3.75. The van der Waals surface area contributed by atoms with Gasteiger partial charge in [-0.1, -0.05) is 0 Å². The number of amides is 1. The molecule has 2 N–H and O–H groups in total. The SMILES string of the molecule is CC(Oc1ccc2c3c(c(=O)oc2c1)CCC3)C(=O)NC1CC(C)(C)NC(C)(C)C1. The number of nitrogens with one attached hydrogen (secondary N) is 2. The van der Waals surface area contributed by atoms with E-state index in [9.17, 15) is 9.59 Å². The summed E-state index contributed by atoms with van der Waals surface area (Å²) in [6, 6.07) is 5.59. The minimum Gasteiger partial charge on any atom is -0.481 e. The van der Waals surface area contributed by atoms with Crippen LogP contribution in [-0.4, -0.2) is 29.1 Å². The Hall–Kier alpha value is -2.34. The highest BCUT2D eigenvalue weighted by Crippen LogP contribution is 2.31. The molecule has 2 aliphatic rings. The van der Waals surface area contributed by atoms with Crippen molar-refractivity contribution in [3.8, 4) is 5.75 Å². The summed E-state index contributed by atoms with van der Waals surface area (Å²) < 4.78 is 11.4. The maximum Gasteiger partial charge on any atom is 0.339 e. The number of benzene rings is 1. The lowest BCUT2D eigenvalue weighted by Crippen LogP contribution is -2.62. The molecule has 6 nitrogen and oxygen atoms in total. The standard InChI is InChI=1S/C24H32N2O4/c1-14(21(27)25-15-12-23(2,3)26-24(4,5)13-15)29-16-9-10-18-17-7-6-8-19(17)22(28)30-20(18)11-16/h9-11,14-15,26H,6-8,12-13H2,1-5H3,(H,25,27). The number of fused-ring (bicyclic) bond motifs is 3. The lowest BCUT2D eigenvalue weighted by atomic mass is 9.79. The van der Waals surface area contributed by atoms with Gasteiger partial charge in [0.15, 0.2) is 6.10 Å². The quantitative estimate of drug-likeness (QED) is 0.752. The first-order valence-corrected chi connectivity index (χ1v) is 10.9. The molecule has 6 heteroatoms. The summed E-state index contributed by atoms with van der Waals surface area (Å²) in [5.41, 5.74) is 2.08. The number of carbonyl (C=O) groups is 1. The lowest BCUT2D eigenvalue weighted by Gasteiger charge is -2.46. The molecule has 2 aromatic rings. The summed E-state index contributed by atoms with van der Waals surface area (Å²) in [7, 11) is 0. The molecule has 1 aromatic heterocycles. The van der Waals surface area contributed by atoms with Gasteiger partial charge in [-0.05, 0) is 84.4 Å². The van der Waals surface area contributed by atoms with Crippen molar-refractivity contribution in [2.75, 3.05) is 0 Å². The Morgan fingerprint density at radius 1 is 1.17 bits per heavy atom. The van der Waals surface area contributed by atoms with Gasteiger partial charge in [-0.25, -0.2) is 4.79 Å². The molecule has 1 aliphatic heterocycles. The summed E-state index contributed by atoms with van der Waals surface area (Å²) in [6.45, 7) is 10.4. The lowest BCUT2D eigenvalue weighted by molar-refractivity contribution is -0.128. The van der Waals surface area contributed by atoms with E-state index < -0.39 is 6.10 Å². The van der Waals surface area contributed by atoms with Crippen LogP contribution in [0.25, 0.3) is 11.0 Å². The van der Waals surface area contributed by atoms with Crippen molar-refractivity contribution in [1.82, 2.24) is 10.6 Å². The van der Waals surface area contributed by atoms with E-state index in [1.165, 1.54) is 0 Å². The van der Waals surface area contributed by atoms with E-state index in [0.29, 0.717) is 11.3 Å². The third kappa shape index (κ3) is 4.24. The molecule has 1 saturated heterocycles. The van der Waals surface area contributed by atoms with Crippen LogP contribution in [0.4, 0.5) is 0 Å².